The molecule has 0 spiro atoms. The average molecular weight is 512 g/mol. The van der Waals surface area contributed by atoms with Crippen molar-refractivity contribution < 1.29 is 14.3 Å². The number of anilines is 2. The lowest BCUT2D eigenvalue weighted by atomic mass is 9.99. The van der Waals surface area contributed by atoms with Crippen LogP contribution in [-0.2, 0) is 11.2 Å². The van der Waals surface area contributed by atoms with Gasteiger partial charge in [0.1, 0.15) is 0 Å². The molecule has 38 heavy (non-hydrogen) atoms. The van der Waals surface area contributed by atoms with Gasteiger partial charge in [0.2, 0.25) is 0 Å². The Balaban J connectivity index is 1.46. The van der Waals surface area contributed by atoms with E-state index in [2.05, 4.69) is 39.8 Å². The molecule has 0 unspecified atom stereocenters. The van der Waals surface area contributed by atoms with E-state index in [0.717, 1.165) is 41.2 Å². The molecule has 6 nitrogen and oxygen atoms in total. The Morgan fingerprint density at radius 3 is 2.26 bits per heavy atom. The van der Waals surface area contributed by atoms with E-state index >= 15 is 0 Å². The van der Waals surface area contributed by atoms with Crippen LogP contribution in [-0.4, -0.2) is 43.7 Å². The third-order valence-corrected chi connectivity index (χ3v) is 7.13. The highest BCUT2D eigenvalue weighted by molar-refractivity contribution is 6.37. The number of hydrogen-bond donors (Lipinski definition) is 2. The number of rotatable bonds is 10. The van der Waals surface area contributed by atoms with Crippen LogP contribution in [0, 0.1) is 0 Å². The first-order valence-corrected chi connectivity index (χ1v) is 13.8. The van der Waals surface area contributed by atoms with Crippen LogP contribution in [0.25, 0.3) is 11.3 Å². The fourth-order valence-electron chi connectivity index (χ4n) is 5.22. The third kappa shape index (κ3) is 5.86. The van der Waals surface area contributed by atoms with Gasteiger partial charge in [-0.15, -0.1) is 0 Å². The minimum absolute atomic E-state index is 0.152. The Hall–Kier alpha value is -3.77. The van der Waals surface area contributed by atoms with E-state index in [0.29, 0.717) is 30.3 Å². The number of carbonyl (C=O) groups excluding carboxylic acids is 1. The molecule has 6 heteroatoms. The summed E-state index contributed by atoms with van der Waals surface area (Å²) >= 11 is 0. The predicted molar refractivity (Wildman–Crippen MR) is 155 cm³/mol. The number of ether oxygens (including phenoxy) is 2. The van der Waals surface area contributed by atoms with Crippen molar-refractivity contribution in [1.82, 2.24) is 4.90 Å². The van der Waals surface area contributed by atoms with Crippen LogP contribution in [0.5, 0.6) is 11.5 Å². The van der Waals surface area contributed by atoms with Crippen LogP contribution in [0.3, 0.4) is 0 Å². The zero-order chi connectivity index (χ0) is 26.3. The molecule has 0 radical (unpaired) electrons. The minimum atomic E-state index is -0.152. The van der Waals surface area contributed by atoms with Gasteiger partial charge in [0.05, 0.1) is 30.2 Å². The molecule has 3 aromatic rings. The van der Waals surface area contributed by atoms with Crippen molar-refractivity contribution in [3.05, 3.63) is 83.4 Å². The number of hydrogen-bond acceptors (Lipinski definition) is 5. The van der Waals surface area contributed by atoms with Gasteiger partial charge in [-0.2, -0.15) is 0 Å². The lowest BCUT2D eigenvalue weighted by molar-refractivity contribution is -0.110. The van der Waals surface area contributed by atoms with Gasteiger partial charge in [0.25, 0.3) is 5.91 Å². The maximum Gasteiger partial charge on any atom is 0.258 e. The quantitative estimate of drug-likeness (QED) is 0.307. The second kappa shape index (κ2) is 12.2. The average Bonchev–Trinajstić information content (AvgIpc) is 3.27. The second-order valence-electron chi connectivity index (χ2n) is 9.75. The summed E-state index contributed by atoms with van der Waals surface area (Å²) in [5.74, 6) is 1.11. The molecule has 0 aliphatic carbocycles. The first-order chi connectivity index (χ1) is 18.7. The smallest absolute Gasteiger partial charge is 0.258 e. The van der Waals surface area contributed by atoms with Crippen molar-refractivity contribution >= 4 is 28.6 Å². The van der Waals surface area contributed by atoms with E-state index in [1.54, 1.807) is 0 Å². The highest BCUT2D eigenvalue weighted by Crippen LogP contribution is 2.43. The molecule has 1 amide bonds. The molecule has 0 saturated carbocycles. The molecule has 0 bridgehead atoms. The normalized spacial score (nSPS) is 16.5. The monoisotopic (exact) mass is 511 g/mol. The van der Waals surface area contributed by atoms with Crippen molar-refractivity contribution in [3.63, 3.8) is 0 Å². The predicted octanol–water partition coefficient (Wildman–Crippen LogP) is 6.44. The van der Waals surface area contributed by atoms with Crippen LogP contribution in [0.4, 0.5) is 11.4 Å². The van der Waals surface area contributed by atoms with Crippen LogP contribution in [0.2, 0.25) is 0 Å². The summed E-state index contributed by atoms with van der Waals surface area (Å²) < 4.78 is 11.7. The number of benzene rings is 3. The molecule has 2 N–H and O–H groups in total. The Morgan fingerprint density at radius 1 is 0.895 bits per heavy atom. The summed E-state index contributed by atoms with van der Waals surface area (Å²) in [6.07, 6.45) is 5.04. The molecule has 0 aromatic heterocycles. The number of nitrogens with zero attached hydrogens (tertiary/aromatic N) is 1. The molecule has 3 aromatic carbocycles. The van der Waals surface area contributed by atoms with Gasteiger partial charge in [-0.25, -0.2) is 0 Å². The zero-order valence-electron chi connectivity index (χ0n) is 22.4. The van der Waals surface area contributed by atoms with Crippen LogP contribution >= 0.6 is 0 Å². The Bertz CT molecular complexity index is 1280. The summed E-state index contributed by atoms with van der Waals surface area (Å²) in [6, 6.07) is 22.3. The largest absolute Gasteiger partial charge is 0.490 e. The number of amides is 1. The van der Waals surface area contributed by atoms with E-state index in [-0.39, 0.29) is 5.91 Å². The van der Waals surface area contributed by atoms with Crippen molar-refractivity contribution in [3.8, 4) is 11.5 Å². The maximum absolute atomic E-state index is 13.4. The standard InChI is InChI=1S/C32H37N3O3/c1-3-37-28-21-26-27(22-29(28)38-4-2)34-32(36)30(26)31(24-11-7-5-8-12-24)33-25-15-13-23(14-16-25)17-20-35-18-9-6-10-19-35/h5,7-8,11-16,21-22,33H,3-4,6,9-10,17-20H2,1-2H3,(H,34,36)/b31-30-. The molecule has 1 saturated heterocycles. The van der Waals surface area contributed by atoms with E-state index in [1.807, 2.05) is 56.3 Å². The molecule has 2 heterocycles. The fourth-order valence-corrected chi connectivity index (χ4v) is 5.22. The molecular formula is C32H37N3O3. The van der Waals surface area contributed by atoms with Gasteiger partial charge in [-0.3, -0.25) is 4.79 Å². The number of carbonyl (C=O) groups is 1. The van der Waals surface area contributed by atoms with Crippen molar-refractivity contribution in [2.24, 2.45) is 0 Å². The minimum Gasteiger partial charge on any atom is -0.490 e. The molecule has 1 fully saturated rings. The molecule has 2 aliphatic rings. The van der Waals surface area contributed by atoms with Gasteiger partial charge in [-0.05, 0) is 75.5 Å². The lowest BCUT2D eigenvalue weighted by Crippen LogP contribution is -2.31. The third-order valence-electron chi connectivity index (χ3n) is 7.13. The molecule has 5 rings (SSSR count). The number of fused-ring (bicyclic) bond motifs is 1. The lowest BCUT2D eigenvalue weighted by Gasteiger charge is -2.26. The molecule has 0 atom stereocenters. The van der Waals surface area contributed by atoms with Gasteiger partial charge in [0, 0.05) is 23.9 Å². The van der Waals surface area contributed by atoms with Crippen LogP contribution < -0.4 is 20.1 Å². The van der Waals surface area contributed by atoms with Crippen molar-refractivity contribution in [1.29, 1.82) is 0 Å². The van der Waals surface area contributed by atoms with Crippen molar-refractivity contribution in [2.75, 3.05) is 43.5 Å². The summed E-state index contributed by atoms with van der Waals surface area (Å²) in [4.78, 5) is 15.9. The number of piperidine rings is 1. The van der Waals surface area contributed by atoms with Crippen LogP contribution in [0.15, 0.2) is 66.7 Å². The topological polar surface area (TPSA) is 62.8 Å². The Kier molecular flexibility index (Phi) is 8.29. The van der Waals surface area contributed by atoms with Gasteiger partial charge >= 0.3 is 0 Å². The number of likely N-dealkylation sites (tertiary alicyclic amines) is 1. The molecule has 2 aliphatic heterocycles. The summed E-state index contributed by atoms with van der Waals surface area (Å²) in [5.41, 5.74) is 6.07. The zero-order valence-corrected chi connectivity index (χ0v) is 22.4. The number of nitrogens with one attached hydrogen (secondary N) is 2. The summed E-state index contributed by atoms with van der Waals surface area (Å²) in [5, 5.41) is 6.60. The second-order valence-corrected chi connectivity index (χ2v) is 9.75. The molecular weight excluding hydrogens is 474 g/mol. The fraction of sp³-hybridized carbons (Fsp3) is 0.344. The van der Waals surface area contributed by atoms with E-state index in [4.69, 9.17) is 9.47 Å². The van der Waals surface area contributed by atoms with E-state index in [1.165, 1.54) is 37.9 Å². The van der Waals surface area contributed by atoms with Gasteiger partial charge < -0.3 is 25.0 Å². The first-order valence-electron chi connectivity index (χ1n) is 13.8. The summed E-state index contributed by atoms with van der Waals surface area (Å²) in [7, 11) is 0. The van der Waals surface area contributed by atoms with Gasteiger partial charge in [-0.1, -0.05) is 48.9 Å². The maximum atomic E-state index is 13.4. The highest BCUT2D eigenvalue weighted by atomic mass is 16.5. The van der Waals surface area contributed by atoms with E-state index in [9.17, 15) is 4.79 Å². The molecule has 198 valence electrons. The summed E-state index contributed by atoms with van der Waals surface area (Å²) in [6.45, 7) is 8.44. The SMILES string of the molecule is CCOc1cc2c(cc1OCC)/C(=C(/Nc1ccc(CCN3CCCCC3)cc1)c1ccccc1)C(=O)N2. The van der Waals surface area contributed by atoms with Crippen LogP contribution in [0.1, 0.15) is 49.8 Å². The van der Waals surface area contributed by atoms with E-state index < -0.39 is 0 Å². The first kappa shape index (κ1) is 25.9. The Morgan fingerprint density at radius 2 is 1.58 bits per heavy atom. The van der Waals surface area contributed by atoms with Crippen molar-refractivity contribution in [2.45, 2.75) is 39.5 Å². The highest BCUT2D eigenvalue weighted by Gasteiger charge is 2.30. The Labute approximate surface area is 225 Å². The van der Waals surface area contributed by atoms with Gasteiger partial charge in [0.15, 0.2) is 11.5 Å².